The normalized spacial score (nSPS) is 29.3. The molecule has 5 amide bonds. The van der Waals surface area contributed by atoms with Crippen molar-refractivity contribution in [3.63, 3.8) is 0 Å². The molecule has 5 atom stereocenters. The molecule has 3 N–H and O–H groups in total. The third-order valence-electron chi connectivity index (χ3n) is 10.2. The van der Waals surface area contributed by atoms with Crippen LogP contribution in [-0.2, 0) is 47.0 Å². The van der Waals surface area contributed by atoms with Crippen molar-refractivity contribution in [1.29, 1.82) is 0 Å². The highest BCUT2D eigenvalue weighted by atomic mass is 32.2. The van der Waals surface area contributed by atoms with Crippen LogP contribution in [0.25, 0.3) is 6.08 Å². The van der Waals surface area contributed by atoms with E-state index in [0.717, 1.165) is 23.1 Å². The number of ether oxygens (including phenoxy) is 1. The van der Waals surface area contributed by atoms with Crippen molar-refractivity contribution in [1.82, 2.24) is 25.2 Å². The highest BCUT2D eigenvalue weighted by Gasteiger charge is 2.62. The molecule has 1 aromatic carbocycles. The lowest BCUT2D eigenvalue weighted by molar-refractivity contribution is -0.142. The molecule has 13 nitrogen and oxygen atoms in total. The lowest BCUT2D eigenvalue weighted by atomic mass is 10.0. The van der Waals surface area contributed by atoms with E-state index in [0.29, 0.717) is 51.6 Å². The first-order valence-electron chi connectivity index (χ1n) is 17.3. The molecule has 0 spiro atoms. The molecular formula is C35H45N5O8S. The number of amides is 5. The average molecular weight is 696 g/mol. The van der Waals surface area contributed by atoms with Crippen molar-refractivity contribution in [2.45, 2.75) is 113 Å². The Hall–Kier alpha value is -4.20. The first-order chi connectivity index (χ1) is 23.5. The molecule has 0 radical (unpaired) electrons. The molecular weight excluding hydrogens is 650 g/mol. The summed E-state index contributed by atoms with van der Waals surface area (Å²) in [5.41, 5.74) is 1.47. The Morgan fingerprint density at radius 2 is 1.98 bits per heavy atom. The van der Waals surface area contributed by atoms with Crippen molar-refractivity contribution in [2.24, 2.45) is 5.92 Å². The minimum atomic E-state index is -3.88. The van der Waals surface area contributed by atoms with Crippen molar-refractivity contribution < 1.29 is 37.1 Å². The van der Waals surface area contributed by atoms with Crippen LogP contribution in [0.1, 0.15) is 87.8 Å². The van der Waals surface area contributed by atoms with Gasteiger partial charge in [-0.1, -0.05) is 56.2 Å². The number of nitrogens with zero attached hydrogens (tertiary/aromatic N) is 2. The van der Waals surface area contributed by atoms with E-state index >= 15 is 0 Å². The number of benzene rings is 1. The van der Waals surface area contributed by atoms with Gasteiger partial charge in [-0.05, 0) is 55.2 Å². The maximum Gasteiger partial charge on any atom is 0.410 e. The zero-order valence-corrected chi connectivity index (χ0v) is 28.6. The molecule has 3 aliphatic heterocycles. The number of allylic oxidation sites excluding steroid dienone is 1. The lowest BCUT2D eigenvalue weighted by Gasteiger charge is -2.30. The van der Waals surface area contributed by atoms with E-state index in [1.165, 1.54) is 11.0 Å². The molecule has 1 saturated heterocycles. The number of sulfonamides is 1. The molecule has 6 rings (SSSR count). The number of fused-ring (bicyclic) bond motifs is 3. The summed E-state index contributed by atoms with van der Waals surface area (Å²) in [6.45, 7) is 6.34. The van der Waals surface area contributed by atoms with Gasteiger partial charge in [0.15, 0.2) is 0 Å². The summed E-state index contributed by atoms with van der Waals surface area (Å²) < 4.78 is 33.3. The monoisotopic (exact) mass is 695 g/mol. The quantitative estimate of drug-likeness (QED) is 0.331. The number of carbonyl (C=O) groups is 5. The van der Waals surface area contributed by atoms with Gasteiger partial charge in [-0.15, -0.1) is 6.58 Å². The van der Waals surface area contributed by atoms with E-state index < -0.39 is 68.7 Å². The Kier molecular flexibility index (Phi) is 9.88. The van der Waals surface area contributed by atoms with Crippen LogP contribution < -0.4 is 15.4 Å². The second kappa shape index (κ2) is 14.0. The summed E-state index contributed by atoms with van der Waals surface area (Å²) in [7, 11) is -3.88. The van der Waals surface area contributed by atoms with Crippen molar-refractivity contribution in [3.8, 4) is 0 Å². The second-order valence-electron chi connectivity index (χ2n) is 13.8. The Bertz CT molecular complexity index is 1670. The molecule has 1 aromatic rings. The highest BCUT2D eigenvalue weighted by molar-refractivity contribution is 7.91. The first-order valence-corrected chi connectivity index (χ1v) is 18.8. The number of hydrogen-bond acceptors (Lipinski definition) is 8. The van der Waals surface area contributed by atoms with E-state index in [-0.39, 0.29) is 31.7 Å². The number of unbranched alkanes of at least 4 members (excludes halogenated alkanes) is 1. The molecule has 3 heterocycles. The SMILES string of the molecule is C=C[C@H]1C[C@]1(NC(=O)[C@@H]1C[C@@H]2CN1C(=O)[C@H](CCCC)NC(=O)CCC/C=C/c1cccc3c1CN(C3)C(=O)O2)C(=O)NS(=O)(=O)C1CC1. The summed E-state index contributed by atoms with van der Waals surface area (Å²) in [4.78, 5) is 71.1. The van der Waals surface area contributed by atoms with Gasteiger partial charge < -0.3 is 20.3 Å². The summed E-state index contributed by atoms with van der Waals surface area (Å²) in [6, 6.07) is 3.85. The third-order valence-corrected chi connectivity index (χ3v) is 12.0. The Morgan fingerprint density at radius 1 is 1.18 bits per heavy atom. The topological polar surface area (TPSA) is 171 Å². The van der Waals surface area contributed by atoms with E-state index in [1.807, 2.05) is 37.3 Å². The summed E-state index contributed by atoms with van der Waals surface area (Å²) in [5, 5.41) is 5.00. The van der Waals surface area contributed by atoms with Crippen LogP contribution in [0.4, 0.5) is 4.79 Å². The summed E-state index contributed by atoms with van der Waals surface area (Å²) >= 11 is 0. The van der Waals surface area contributed by atoms with E-state index in [1.54, 1.807) is 4.90 Å². The van der Waals surface area contributed by atoms with Crippen LogP contribution >= 0.6 is 0 Å². The fourth-order valence-electron chi connectivity index (χ4n) is 7.07. The van der Waals surface area contributed by atoms with Crippen LogP contribution in [0.15, 0.2) is 36.9 Å². The fourth-order valence-corrected chi connectivity index (χ4v) is 8.43. The Morgan fingerprint density at radius 3 is 2.69 bits per heavy atom. The molecule has 49 heavy (non-hydrogen) atoms. The summed E-state index contributed by atoms with van der Waals surface area (Å²) in [6.07, 6.45) is 8.35. The van der Waals surface area contributed by atoms with E-state index in [2.05, 4.69) is 21.9 Å². The van der Waals surface area contributed by atoms with Gasteiger partial charge in [0.05, 0.1) is 18.3 Å². The standard InChI is InChI=1S/C35H45N5O8S/c1-3-5-13-28-32(43)40-20-25(17-29(40)31(42)37-35(18-24(35)4-2)33(44)38-49(46,47)26-15-16-26)48-34(45)39-19-23-12-9-11-22(27(23)21-39)10-7-6-8-14-30(41)36-28/h4,7,9-12,24-26,28-29H,2-3,5-6,8,13-21H2,1H3,(H,36,41)(H,37,42)(H,38,44)/b10-7+/t24-,25+,28-,29-,35+/m0/s1. The third kappa shape index (κ3) is 7.38. The van der Waals surface area contributed by atoms with Crippen LogP contribution in [-0.4, -0.2) is 83.5 Å². The van der Waals surface area contributed by atoms with Crippen LogP contribution in [0.2, 0.25) is 0 Å². The predicted octanol–water partition coefficient (Wildman–Crippen LogP) is 2.65. The molecule has 5 aliphatic rings. The fraction of sp³-hybridized carbons (Fsp3) is 0.571. The minimum Gasteiger partial charge on any atom is -0.444 e. The molecule has 264 valence electrons. The van der Waals surface area contributed by atoms with Crippen LogP contribution in [0.3, 0.4) is 0 Å². The maximum absolute atomic E-state index is 14.2. The largest absolute Gasteiger partial charge is 0.444 e. The lowest BCUT2D eigenvalue weighted by Crippen LogP contribution is -2.58. The van der Waals surface area contributed by atoms with Crippen molar-refractivity contribution in [2.75, 3.05) is 6.54 Å². The zero-order valence-electron chi connectivity index (χ0n) is 27.8. The minimum absolute atomic E-state index is 0.0383. The van der Waals surface area contributed by atoms with Gasteiger partial charge in [-0.2, -0.15) is 0 Å². The molecule has 0 unspecified atom stereocenters. The van der Waals surface area contributed by atoms with Gasteiger partial charge in [0, 0.05) is 25.3 Å². The second-order valence-corrected chi connectivity index (χ2v) is 15.8. The highest BCUT2D eigenvalue weighted by Crippen LogP contribution is 2.45. The average Bonchev–Trinajstić information content (AvgIpc) is 3.96. The van der Waals surface area contributed by atoms with Crippen molar-refractivity contribution in [3.05, 3.63) is 53.6 Å². The van der Waals surface area contributed by atoms with Crippen LogP contribution in [0.5, 0.6) is 0 Å². The summed E-state index contributed by atoms with van der Waals surface area (Å²) in [5.74, 6) is -2.79. The number of rotatable bonds is 9. The van der Waals surface area contributed by atoms with Gasteiger partial charge in [0.25, 0.3) is 5.91 Å². The molecule has 3 fully saturated rings. The first kappa shape index (κ1) is 34.7. The van der Waals surface area contributed by atoms with Gasteiger partial charge in [0.2, 0.25) is 27.7 Å². The predicted molar refractivity (Wildman–Crippen MR) is 180 cm³/mol. The number of hydrogen-bond donors (Lipinski definition) is 3. The van der Waals surface area contributed by atoms with Crippen LogP contribution in [0, 0.1) is 5.92 Å². The molecule has 4 bridgehead atoms. The number of carbonyl (C=O) groups excluding carboxylic acids is 5. The van der Waals surface area contributed by atoms with Crippen molar-refractivity contribution >= 4 is 45.8 Å². The van der Waals surface area contributed by atoms with Gasteiger partial charge in [-0.3, -0.25) is 28.8 Å². The Balaban J connectivity index is 1.26. The smallest absolute Gasteiger partial charge is 0.410 e. The van der Waals surface area contributed by atoms with Gasteiger partial charge >= 0.3 is 6.09 Å². The molecule has 0 aromatic heterocycles. The van der Waals surface area contributed by atoms with Gasteiger partial charge in [0.1, 0.15) is 23.7 Å². The van der Waals surface area contributed by atoms with E-state index in [4.69, 9.17) is 4.74 Å². The van der Waals surface area contributed by atoms with E-state index in [9.17, 15) is 32.4 Å². The number of nitrogens with one attached hydrogen (secondary N) is 3. The molecule has 14 heteroatoms. The molecule has 2 saturated carbocycles. The van der Waals surface area contributed by atoms with Gasteiger partial charge in [-0.25, -0.2) is 13.2 Å². The Labute approximate surface area is 286 Å². The maximum atomic E-state index is 14.2. The zero-order chi connectivity index (χ0) is 34.9. The molecule has 2 aliphatic carbocycles.